The Morgan fingerprint density at radius 1 is 1.24 bits per heavy atom. The van der Waals surface area contributed by atoms with Gasteiger partial charge in [0.2, 0.25) is 0 Å². The van der Waals surface area contributed by atoms with Gasteiger partial charge in [-0.2, -0.15) is 13.2 Å². The van der Waals surface area contributed by atoms with Gasteiger partial charge in [0.1, 0.15) is 5.82 Å². The summed E-state index contributed by atoms with van der Waals surface area (Å²) in [5.74, 6) is 0.420. The first-order chi connectivity index (χ1) is 9.91. The first-order valence-corrected chi connectivity index (χ1v) is 7.19. The minimum Gasteiger partial charge on any atom is -0.353 e. The molecule has 21 heavy (non-hydrogen) atoms. The van der Waals surface area contributed by atoms with Gasteiger partial charge in [0, 0.05) is 32.4 Å². The molecule has 0 amide bonds. The number of pyridine rings is 1. The van der Waals surface area contributed by atoms with Crippen LogP contribution in [0.15, 0.2) is 12.3 Å². The minimum absolute atomic E-state index is 0.0419. The number of nitrogens with zero attached hydrogens (tertiary/aromatic N) is 3. The smallest absolute Gasteiger partial charge is 0.353 e. The summed E-state index contributed by atoms with van der Waals surface area (Å²) < 4.78 is 37.7. The Kier molecular flexibility index (Phi) is 5.29. The highest BCUT2D eigenvalue weighted by atomic mass is 35.5. The average Bonchev–Trinajstić information content (AvgIpc) is 2.45. The molecule has 1 fully saturated rings. The van der Waals surface area contributed by atoms with Gasteiger partial charge < -0.3 is 10.6 Å². The van der Waals surface area contributed by atoms with Gasteiger partial charge in [0.05, 0.1) is 10.6 Å². The van der Waals surface area contributed by atoms with Crippen LogP contribution in [0.4, 0.5) is 19.0 Å². The molecule has 0 atom stereocenters. The van der Waals surface area contributed by atoms with E-state index in [1.54, 1.807) is 0 Å². The Bertz CT molecular complexity index is 473. The number of hydrogen-bond donors (Lipinski definition) is 1. The fourth-order valence-electron chi connectivity index (χ4n) is 2.32. The monoisotopic (exact) mass is 322 g/mol. The summed E-state index contributed by atoms with van der Waals surface area (Å²) in [7, 11) is 0. The van der Waals surface area contributed by atoms with Crippen molar-refractivity contribution in [2.24, 2.45) is 5.73 Å². The fourth-order valence-corrected chi connectivity index (χ4v) is 2.60. The van der Waals surface area contributed by atoms with Crippen molar-refractivity contribution in [3.8, 4) is 0 Å². The summed E-state index contributed by atoms with van der Waals surface area (Å²) in [4.78, 5) is 8.09. The first-order valence-electron chi connectivity index (χ1n) is 6.82. The number of piperazine rings is 1. The molecule has 2 heterocycles. The van der Waals surface area contributed by atoms with Gasteiger partial charge in [-0.15, -0.1) is 0 Å². The third-order valence-electron chi connectivity index (χ3n) is 3.50. The molecule has 1 aromatic rings. The van der Waals surface area contributed by atoms with E-state index in [1.165, 1.54) is 0 Å². The van der Waals surface area contributed by atoms with Gasteiger partial charge in [0.25, 0.3) is 0 Å². The highest BCUT2D eigenvalue weighted by molar-refractivity contribution is 6.33. The largest absolute Gasteiger partial charge is 0.417 e. The van der Waals surface area contributed by atoms with Crippen molar-refractivity contribution in [3.05, 3.63) is 22.8 Å². The van der Waals surface area contributed by atoms with Crippen LogP contribution in [0.1, 0.15) is 12.0 Å². The lowest BCUT2D eigenvalue weighted by atomic mass is 10.2. The van der Waals surface area contributed by atoms with Gasteiger partial charge in [0.15, 0.2) is 0 Å². The highest BCUT2D eigenvalue weighted by Gasteiger charge is 2.32. The molecule has 0 aromatic carbocycles. The lowest BCUT2D eigenvalue weighted by Crippen LogP contribution is -2.47. The molecule has 8 heteroatoms. The average molecular weight is 323 g/mol. The van der Waals surface area contributed by atoms with E-state index in [4.69, 9.17) is 17.3 Å². The van der Waals surface area contributed by atoms with Crippen LogP contribution >= 0.6 is 11.6 Å². The summed E-state index contributed by atoms with van der Waals surface area (Å²) in [5.41, 5.74) is 4.66. The second kappa shape index (κ2) is 6.81. The number of alkyl halides is 3. The number of anilines is 1. The molecule has 118 valence electrons. The lowest BCUT2D eigenvalue weighted by Gasteiger charge is -2.35. The Balaban J connectivity index is 2.00. The zero-order valence-electron chi connectivity index (χ0n) is 11.5. The third-order valence-corrected chi connectivity index (χ3v) is 3.78. The van der Waals surface area contributed by atoms with Crippen molar-refractivity contribution in [2.45, 2.75) is 12.6 Å². The molecule has 4 nitrogen and oxygen atoms in total. The summed E-state index contributed by atoms with van der Waals surface area (Å²) in [6.07, 6.45) is -2.64. The molecule has 0 saturated carbocycles. The summed E-state index contributed by atoms with van der Waals surface area (Å²) in [6.45, 7) is 4.66. The van der Waals surface area contributed by atoms with Crippen LogP contribution in [0.25, 0.3) is 0 Å². The second-order valence-corrected chi connectivity index (χ2v) is 5.41. The Morgan fingerprint density at radius 3 is 2.43 bits per heavy atom. The minimum atomic E-state index is -4.42. The number of hydrogen-bond acceptors (Lipinski definition) is 4. The van der Waals surface area contributed by atoms with Crippen LogP contribution in [0, 0.1) is 0 Å². The molecule has 1 aliphatic rings. The molecular formula is C13H18ClF3N4. The maximum atomic E-state index is 12.6. The predicted molar refractivity (Wildman–Crippen MR) is 76.6 cm³/mol. The normalized spacial score (nSPS) is 17.3. The molecule has 0 spiro atoms. The van der Waals surface area contributed by atoms with E-state index >= 15 is 0 Å². The van der Waals surface area contributed by atoms with E-state index in [9.17, 15) is 13.2 Å². The van der Waals surface area contributed by atoms with Crippen LogP contribution in [-0.2, 0) is 6.18 Å². The standard InChI is InChI=1S/C13H18ClF3N4/c14-11-8-10(13(15,16)17)9-19-12(11)21-6-4-20(5-7-21)3-1-2-18/h8-9H,1-7,18H2. The second-order valence-electron chi connectivity index (χ2n) is 5.00. The maximum Gasteiger partial charge on any atom is 0.417 e. The Morgan fingerprint density at radius 2 is 1.90 bits per heavy atom. The number of halogens is 4. The number of rotatable bonds is 4. The zero-order valence-corrected chi connectivity index (χ0v) is 12.3. The number of nitrogens with two attached hydrogens (primary N) is 1. The molecule has 1 saturated heterocycles. The zero-order chi connectivity index (χ0) is 15.5. The topological polar surface area (TPSA) is 45.4 Å². The number of aromatic nitrogens is 1. The van der Waals surface area contributed by atoms with Crippen molar-refractivity contribution >= 4 is 17.4 Å². The van der Waals surface area contributed by atoms with E-state index in [-0.39, 0.29) is 5.02 Å². The first kappa shape index (κ1) is 16.3. The van der Waals surface area contributed by atoms with Crippen molar-refractivity contribution in [1.82, 2.24) is 9.88 Å². The lowest BCUT2D eigenvalue weighted by molar-refractivity contribution is -0.137. The van der Waals surface area contributed by atoms with Crippen molar-refractivity contribution < 1.29 is 13.2 Å². The van der Waals surface area contributed by atoms with Crippen molar-refractivity contribution in [1.29, 1.82) is 0 Å². The highest BCUT2D eigenvalue weighted by Crippen LogP contribution is 2.33. The van der Waals surface area contributed by atoms with Crippen LogP contribution in [0.3, 0.4) is 0 Å². The summed E-state index contributed by atoms with van der Waals surface area (Å²) in [6, 6.07) is 0.935. The molecule has 0 aliphatic carbocycles. The molecule has 1 aliphatic heterocycles. The van der Waals surface area contributed by atoms with E-state index in [0.717, 1.165) is 38.3 Å². The Labute approximate surface area is 126 Å². The molecule has 0 unspecified atom stereocenters. The van der Waals surface area contributed by atoms with Crippen LogP contribution in [0.5, 0.6) is 0 Å². The Hall–Kier alpha value is -1.05. The van der Waals surface area contributed by atoms with Crippen molar-refractivity contribution in [2.75, 3.05) is 44.2 Å². The van der Waals surface area contributed by atoms with E-state index in [1.807, 2.05) is 4.90 Å². The van der Waals surface area contributed by atoms with Gasteiger partial charge in [-0.05, 0) is 25.6 Å². The van der Waals surface area contributed by atoms with Gasteiger partial charge >= 0.3 is 6.18 Å². The predicted octanol–water partition coefficient (Wildman–Crippen LogP) is 2.22. The summed E-state index contributed by atoms with van der Waals surface area (Å²) >= 11 is 5.95. The SMILES string of the molecule is NCCCN1CCN(c2ncc(C(F)(F)F)cc2Cl)CC1. The van der Waals surface area contributed by atoms with Crippen LogP contribution in [0.2, 0.25) is 5.02 Å². The van der Waals surface area contributed by atoms with E-state index in [2.05, 4.69) is 9.88 Å². The molecule has 2 rings (SSSR count). The van der Waals surface area contributed by atoms with Gasteiger partial charge in [-0.25, -0.2) is 4.98 Å². The van der Waals surface area contributed by atoms with Crippen molar-refractivity contribution in [3.63, 3.8) is 0 Å². The molecule has 0 radical (unpaired) electrons. The van der Waals surface area contributed by atoms with E-state index < -0.39 is 11.7 Å². The molecular weight excluding hydrogens is 305 g/mol. The fraction of sp³-hybridized carbons (Fsp3) is 0.615. The maximum absolute atomic E-state index is 12.6. The summed E-state index contributed by atoms with van der Waals surface area (Å²) in [5, 5.41) is 0.0419. The molecule has 1 aromatic heterocycles. The van der Waals surface area contributed by atoms with E-state index in [0.29, 0.717) is 25.5 Å². The third kappa shape index (κ3) is 4.21. The van der Waals surface area contributed by atoms with Gasteiger partial charge in [-0.3, -0.25) is 4.90 Å². The van der Waals surface area contributed by atoms with Gasteiger partial charge in [-0.1, -0.05) is 11.6 Å². The molecule has 2 N–H and O–H groups in total. The quantitative estimate of drug-likeness (QED) is 0.923. The van der Waals surface area contributed by atoms with Crippen LogP contribution in [-0.4, -0.2) is 49.2 Å². The van der Waals surface area contributed by atoms with Crippen LogP contribution < -0.4 is 10.6 Å². The molecule has 0 bridgehead atoms.